The van der Waals surface area contributed by atoms with Crippen LogP contribution in [0, 0.1) is 0 Å². The SMILES string of the molecule is C(=Cc1ccccc1)CNC1CCCc2ccccc21.O=C(O)C(=O)O. The number of hydrogen-bond donors (Lipinski definition) is 3. The number of aryl methyl sites for hydroxylation is 1. The van der Waals surface area contributed by atoms with E-state index in [0.717, 1.165) is 6.54 Å². The number of fused-ring (bicyclic) bond motifs is 1. The Morgan fingerprint density at radius 3 is 2.35 bits per heavy atom. The lowest BCUT2D eigenvalue weighted by molar-refractivity contribution is -0.159. The first-order valence-electron chi connectivity index (χ1n) is 8.57. The Morgan fingerprint density at radius 2 is 1.65 bits per heavy atom. The molecule has 1 aliphatic carbocycles. The van der Waals surface area contributed by atoms with E-state index in [9.17, 15) is 0 Å². The summed E-state index contributed by atoms with van der Waals surface area (Å²) in [5, 5.41) is 18.4. The summed E-state index contributed by atoms with van der Waals surface area (Å²) in [6.45, 7) is 0.924. The lowest BCUT2D eigenvalue weighted by atomic mass is 9.88. The average molecular weight is 353 g/mol. The van der Waals surface area contributed by atoms with Crippen molar-refractivity contribution in [3.63, 3.8) is 0 Å². The molecule has 0 radical (unpaired) electrons. The van der Waals surface area contributed by atoms with Crippen molar-refractivity contribution in [2.75, 3.05) is 6.54 Å². The minimum atomic E-state index is -1.82. The Morgan fingerprint density at radius 1 is 1.00 bits per heavy atom. The highest BCUT2D eigenvalue weighted by molar-refractivity contribution is 6.27. The Balaban J connectivity index is 0.000000352. The van der Waals surface area contributed by atoms with E-state index in [1.807, 2.05) is 0 Å². The molecule has 0 fully saturated rings. The van der Waals surface area contributed by atoms with E-state index in [2.05, 4.69) is 72.1 Å². The summed E-state index contributed by atoms with van der Waals surface area (Å²) in [4.78, 5) is 18.2. The highest BCUT2D eigenvalue weighted by Gasteiger charge is 2.18. The first-order chi connectivity index (χ1) is 12.6. The first-order valence-corrected chi connectivity index (χ1v) is 8.57. The van der Waals surface area contributed by atoms with Crippen molar-refractivity contribution < 1.29 is 19.8 Å². The summed E-state index contributed by atoms with van der Waals surface area (Å²) in [6, 6.07) is 19.8. The average Bonchev–Trinajstić information content (AvgIpc) is 2.66. The number of carbonyl (C=O) groups is 2. The van der Waals surface area contributed by atoms with Crippen molar-refractivity contribution in [3.8, 4) is 0 Å². The molecule has 5 heteroatoms. The van der Waals surface area contributed by atoms with Gasteiger partial charge in [-0.3, -0.25) is 0 Å². The molecule has 0 aliphatic heterocycles. The van der Waals surface area contributed by atoms with Crippen molar-refractivity contribution in [1.82, 2.24) is 5.32 Å². The largest absolute Gasteiger partial charge is 0.473 e. The normalized spacial score (nSPS) is 15.6. The molecule has 136 valence electrons. The number of aliphatic carboxylic acids is 2. The molecule has 0 heterocycles. The van der Waals surface area contributed by atoms with Crippen LogP contribution in [-0.2, 0) is 16.0 Å². The highest BCUT2D eigenvalue weighted by Crippen LogP contribution is 2.29. The van der Waals surface area contributed by atoms with E-state index in [1.54, 1.807) is 0 Å². The van der Waals surface area contributed by atoms with Crippen molar-refractivity contribution in [3.05, 3.63) is 77.4 Å². The molecule has 0 amide bonds. The van der Waals surface area contributed by atoms with Crippen LogP contribution >= 0.6 is 0 Å². The van der Waals surface area contributed by atoms with E-state index >= 15 is 0 Å². The number of benzene rings is 2. The van der Waals surface area contributed by atoms with Crippen LogP contribution in [0.5, 0.6) is 0 Å². The van der Waals surface area contributed by atoms with Gasteiger partial charge in [0.25, 0.3) is 0 Å². The highest BCUT2D eigenvalue weighted by atomic mass is 16.4. The van der Waals surface area contributed by atoms with E-state index in [-0.39, 0.29) is 0 Å². The standard InChI is InChI=1S/C19H21N.C2H2O4/c1-2-8-16(9-3-1)10-7-15-20-19-14-6-12-17-11-4-5-13-18(17)19;3-1(4)2(5)6/h1-5,7-11,13,19-20H,6,12,14-15H2;(H,3,4)(H,5,6). The lowest BCUT2D eigenvalue weighted by Gasteiger charge is -2.26. The summed E-state index contributed by atoms with van der Waals surface area (Å²) >= 11 is 0. The van der Waals surface area contributed by atoms with Gasteiger partial charge in [-0.2, -0.15) is 0 Å². The van der Waals surface area contributed by atoms with Gasteiger partial charge in [-0.25, -0.2) is 9.59 Å². The molecule has 0 spiro atoms. The van der Waals surface area contributed by atoms with Crippen LogP contribution in [0.15, 0.2) is 60.7 Å². The zero-order valence-corrected chi connectivity index (χ0v) is 14.5. The maximum atomic E-state index is 9.10. The van der Waals surface area contributed by atoms with Crippen LogP contribution in [0.25, 0.3) is 6.08 Å². The zero-order chi connectivity index (χ0) is 18.8. The van der Waals surface area contributed by atoms with E-state index < -0.39 is 11.9 Å². The van der Waals surface area contributed by atoms with Gasteiger partial charge in [0, 0.05) is 12.6 Å². The molecule has 0 saturated carbocycles. The fraction of sp³-hybridized carbons (Fsp3) is 0.238. The number of carboxylic acids is 2. The molecular weight excluding hydrogens is 330 g/mol. The van der Waals surface area contributed by atoms with Gasteiger partial charge in [-0.1, -0.05) is 66.7 Å². The van der Waals surface area contributed by atoms with Crippen LogP contribution in [0.1, 0.15) is 35.6 Å². The molecule has 3 rings (SSSR count). The molecule has 1 atom stereocenters. The zero-order valence-electron chi connectivity index (χ0n) is 14.5. The molecule has 2 aromatic carbocycles. The predicted molar refractivity (Wildman–Crippen MR) is 101 cm³/mol. The monoisotopic (exact) mass is 353 g/mol. The molecule has 5 nitrogen and oxygen atoms in total. The van der Waals surface area contributed by atoms with Gasteiger partial charge in [-0.05, 0) is 36.0 Å². The quantitative estimate of drug-likeness (QED) is 0.732. The second kappa shape index (κ2) is 10.2. The van der Waals surface area contributed by atoms with Crippen molar-refractivity contribution in [2.24, 2.45) is 0 Å². The summed E-state index contributed by atoms with van der Waals surface area (Å²) in [7, 11) is 0. The van der Waals surface area contributed by atoms with Gasteiger partial charge in [0.15, 0.2) is 0 Å². The van der Waals surface area contributed by atoms with Crippen LogP contribution in [0.4, 0.5) is 0 Å². The summed E-state index contributed by atoms with van der Waals surface area (Å²) in [6.07, 6.45) is 8.16. The molecule has 3 N–H and O–H groups in total. The third kappa shape index (κ3) is 6.18. The van der Waals surface area contributed by atoms with Gasteiger partial charge in [0.2, 0.25) is 0 Å². The first kappa shape index (κ1) is 19.4. The Labute approximate surface area is 153 Å². The van der Waals surface area contributed by atoms with Crippen LogP contribution < -0.4 is 5.32 Å². The summed E-state index contributed by atoms with van der Waals surface area (Å²) in [5.74, 6) is -3.65. The molecule has 0 saturated heterocycles. The van der Waals surface area contributed by atoms with Crippen LogP contribution in [-0.4, -0.2) is 28.7 Å². The van der Waals surface area contributed by atoms with Gasteiger partial charge >= 0.3 is 11.9 Å². The topological polar surface area (TPSA) is 86.6 Å². The maximum Gasteiger partial charge on any atom is 0.414 e. The third-order valence-electron chi connectivity index (χ3n) is 4.14. The summed E-state index contributed by atoms with van der Waals surface area (Å²) < 4.78 is 0. The van der Waals surface area contributed by atoms with Crippen LogP contribution in [0.2, 0.25) is 0 Å². The third-order valence-corrected chi connectivity index (χ3v) is 4.14. The molecular formula is C21H23NO4. The molecule has 1 unspecified atom stereocenters. The lowest BCUT2D eigenvalue weighted by Crippen LogP contribution is -2.25. The van der Waals surface area contributed by atoms with Gasteiger partial charge in [0.1, 0.15) is 0 Å². The fourth-order valence-corrected chi connectivity index (χ4v) is 2.94. The van der Waals surface area contributed by atoms with Crippen molar-refractivity contribution in [1.29, 1.82) is 0 Å². The second-order valence-corrected chi connectivity index (χ2v) is 5.98. The fourth-order valence-electron chi connectivity index (χ4n) is 2.94. The van der Waals surface area contributed by atoms with Gasteiger partial charge < -0.3 is 15.5 Å². The van der Waals surface area contributed by atoms with Crippen LogP contribution in [0.3, 0.4) is 0 Å². The van der Waals surface area contributed by atoms with E-state index in [1.165, 1.54) is 36.0 Å². The number of carboxylic acid groups (broad SMARTS) is 2. The van der Waals surface area contributed by atoms with Gasteiger partial charge in [-0.15, -0.1) is 0 Å². The smallest absolute Gasteiger partial charge is 0.414 e. The molecule has 1 aliphatic rings. The predicted octanol–water partition coefficient (Wildman–Crippen LogP) is 3.52. The van der Waals surface area contributed by atoms with E-state index in [0.29, 0.717) is 6.04 Å². The second-order valence-electron chi connectivity index (χ2n) is 5.98. The maximum absolute atomic E-state index is 9.10. The molecule has 0 aromatic heterocycles. The van der Waals surface area contributed by atoms with Gasteiger partial charge in [0.05, 0.1) is 0 Å². The number of nitrogens with one attached hydrogen (secondary N) is 1. The van der Waals surface area contributed by atoms with Crippen molar-refractivity contribution >= 4 is 18.0 Å². The Bertz CT molecular complexity index is 744. The Hall–Kier alpha value is -2.92. The Kier molecular flexibility index (Phi) is 7.58. The minimum absolute atomic E-state index is 0.514. The minimum Gasteiger partial charge on any atom is -0.473 e. The number of hydrogen-bond acceptors (Lipinski definition) is 3. The van der Waals surface area contributed by atoms with Crippen molar-refractivity contribution in [2.45, 2.75) is 25.3 Å². The summed E-state index contributed by atoms with van der Waals surface area (Å²) in [5.41, 5.74) is 4.27. The number of rotatable bonds is 4. The van der Waals surface area contributed by atoms with E-state index in [4.69, 9.17) is 19.8 Å². The molecule has 0 bridgehead atoms. The molecule has 2 aromatic rings. The molecule has 26 heavy (non-hydrogen) atoms.